The largest absolute Gasteiger partial charge is 0.481 e. The standard InChI is InChI=1S/C18H24F3NO4/c1-5-11-6-12(8-14(7-11)18(19,20)21)13(9-15(23)24)10-22-16(25)26-17(2,3)4/h6-8,13H,5,9-10H2,1-4H3,(H,22,25)(H,23,24). The number of carboxylic acid groups (broad SMARTS) is 1. The summed E-state index contributed by atoms with van der Waals surface area (Å²) in [6.07, 6.45) is -5.33. The second-order valence-corrected chi connectivity index (χ2v) is 6.99. The Balaban J connectivity index is 3.08. The number of hydrogen-bond donors (Lipinski definition) is 2. The van der Waals surface area contributed by atoms with Crippen LogP contribution < -0.4 is 5.32 Å². The van der Waals surface area contributed by atoms with Crippen molar-refractivity contribution in [2.75, 3.05) is 6.54 Å². The molecule has 26 heavy (non-hydrogen) atoms. The van der Waals surface area contributed by atoms with Gasteiger partial charge in [-0.25, -0.2) is 4.79 Å². The van der Waals surface area contributed by atoms with Crippen molar-refractivity contribution < 1.29 is 32.6 Å². The number of carbonyl (C=O) groups excluding carboxylic acids is 1. The fraction of sp³-hybridized carbons (Fsp3) is 0.556. The third kappa shape index (κ3) is 7.33. The van der Waals surface area contributed by atoms with Gasteiger partial charge >= 0.3 is 18.2 Å². The van der Waals surface area contributed by atoms with Crippen LogP contribution in [0.4, 0.5) is 18.0 Å². The Kier molecular flexibility index (Phi) is 7.06. The van der Waals surface area contributed by atoms with Crippen molar-refractivity contribution in [2.45, 2.75) is 58.2 Å². The molecule has 1 aromatic rings. The summed E-state index contributed by atoms with van der Waals surface area (Å²) in [5, 5.41) is 11.5. The van der Waals surface area contributed by atoms with E-state index in [-0.39, 0.29) is 12.1 Å². The van der Waals surface area contributed by atoms with Crippen LogP contribution in [0.5, 0.6) is 0 Å². The van der Waals surface area contributed by atoms with Crippen molar-refractivity contribution in [1.82, 2.24) is 5.32 Å². The lowest BCUT2D eigenvalue weighted by Gasteiger charge is -2.22. The highest BCUT2D eigenvalue weighted by atomic mass is 19.4. The fourth-order valence-corrected chi connectivity index (χ4v) is 2.36. The average Bonchev–Trinajstić information content (AvgIpc) is 2.48. The monoisotopic (exact) mass is 375 g/mol. The third-order valence-corrected chi connectivity index (χ3v) is 3.53. The number of carbonyl (C=O) groups is 2. The molecule has 0 spiro atoms. The summed E-state index contributed by atoms with van der Waals surface area (Å²) in [6, 6.07) is 3.52. The summed E-state index contributed by atoms with van der Waals surface area (Å²) in [5.41, 5.74) is -0.907. The maximum Gasteiger partial charge on any atom is 0.416 e. The normalized spacial score (nSPS) is 13.2. The van der Waals surface area contributed by atoms with Gasteiger partial charge < -0.3 is 15.2 Å². The minimum absolute atomic E-state index is 0.147. The van der Waals surface area contributed by atoms with Crippen LogP contribution in [0.1, 0.15) is 56.7 Å². The van der Waals surface area contributed by atoms with Crippen molar-refractivity contribution in [3.63, 3.8) is 0 Å². The second kappa shape index (κ2) is 8.42. The predicted molar refractivity (Wildman–Crippen MR) is 90.1 cm³/mol. The maximum absolute atomic E-state index is 13.1. The van der Waals surface area contributed by atoms with Gasteiger partial charge in [0.1, 0.15) is 5.60 Å². The Labute approximate surface area is 150 Å². The molecule has 0 saturated carbocycles. The Morgan fingerprint density at radius 2 is 1.81 bits per heavy atom. The number of hydrogen-bond acceptors (Lipinski definition) is 3. The lowest BCUT2D eigenvalue weighted by molar-refractivity contribution is -0.138. The molecule has 1 amide bonds. The molecule has 0 fully saturated rings. The van der Waals surface area contributed by atoms with Crippen molar-refractivity contribution >= 4 is 12.1 Å². The fourth-order valence-electron chi connectivity index (χ4n) is 2.36. The predicted octanol–water partition coefficient (Wildman–Crippen LogP) is 4.35. The van der Waals surface area contributed by atoms with E-state index in [1.807, 2.05) is 0 Å². The van der Waals surface area contributed by atoms with Crippen LogP contribution in [0.2, 0.25) is 0 Å². The lowest BCUT2D eigenvalue weighted by Crippen LogP contribution is -2.35. The van der Waals surface area contributed by atoms with Gasteiger partial charge in [-0.05, 0) is 50.5 Å². The molecule has 5 nitrogen and oxygen atoms in total. The van der Waals surface area contributed by atoms with E-state index in [0.29, 0.717) is 12.0 Å². The molecule has 1 unspecified atom stereocenters. The van der Waals surface area contributed by atoms with E-state index < -0.39 is 41.7 Å². The number of alkyl halides is 3. The SMILES string of the molecule is CCc1cc(C(CNC(=O)OC(C)(C)C)CC(=O)O)cc(C(F)(F)F)c1. The van der Waals surface area contributed by atoms with Crippen LogP contribution in [-0.2, 0) is 22.1 Å². The number of aryl methyl sites for hydroxylation is 1. The van der Waals surface area contributed by atoms with Crippen LogP contribution in [-0.4, -0.2) is 29.3 Å². The first-order valence-electron chi connectivity index (χ1n) is 8.21. The van der Waals surface area contributed by atoms with Crippen molar-refractivity contribution in [2.24, 2.45) is 0 Å². The van der Waals surface area contributed by atoms with Gasteiger partial charge in [-0.3, -0.25) is 4.79 Å². The molecule has 0 aliphatic heterocycles. The highest BCUT2D eigenvalue weighted by molar-refractivity contribution is 5.69. The molecule has 0 aromatic heterocycles. The van der Waals surface area contributed by atoms with Gasteiger partial charge in [0.2, 0.25) is 0 Å². The molecule has 0 heterocycles. The number of amides is 1. The molecule has 0 aliphatic carbocycles. The molecular weight excluding hydrogens is 351 g/mol. The molecule has 1 aromatic carbocycles. The quantitative estimate of drug-likeness (QED) is 0.775. The van der Waals surface area contributed by atoms with Crippen LogP contribution in [0.3, 0.4) is 0 Å². The molecular formula is C18H24F3NO4. The molecule has 0 bridgehead atoms. The van der Waals surface area contributed by atoms with E-state index in [2.05, 4.69) is 5.32 Å². The van der Waals surface area contributed by atoms with Crippen molar-refractivity contribution in [3.8, 4) is 0 Å². The second-order valence-electron chi connectivity index (χ2n) is 6.99. The summed E-state index contributed by atoms with van der Waals surface area (Å²) < 4.78 is 44.4. The van der Waals surface area contributed by atoms with E-state index in [0.717, 1.165) is 12.1 Å². The number of carboxylic acids is 1. The summed E-state index contributed by atoms with van der Waals surface area (Å²) >= 11 is 0. The number of alkyl carbamates (subject to hydrolysis) is 1. The van der Waals surface area contributed by atoms with Gasteiger partial charge in [-0.15, -0.1) is 0 Å². The molecule has 2 N–H and O–H groups in total. The van der Waals surface area contributed by atoms with Gasteiger partial charge in [0, 0.05) is 12.5 Å². The molecule has 146 valence electrons. The highest BCUT2D eigenvalue weighted by Gasteiger charge is 2.32. The number of ether oxygens (including phenoxy) is 1. The van der Waals surface area contributed by atoms with Gasteiger partial charge in [-0.2, -0.15) is 13.2 Å². The van der Waals surface area contributed by atoms with Crippen molar-refractivity contribution in [1.29, 1.82) is 0 Å². The molecule has 0 radical (unpaired) electrons. The zero-order valence-electron chi connectivity index (χ0n) is 15.2. The van der Waals surface area contributed by atoms with Gasteiger partial charge in [0.15, 0.2) is 0 Å². The first kappa shape index (κ1) is 21.8. The van der Waals surface area contributed by atoms with Gasteiger partial charge in [0.25, 0.3) is 0 Å². The van der Waals surface area contributed by atoms with Crippen LogP contribution in [0, 0.1) is 0 Å². The number of nitrogens with one attached hydrogen (secondary N) is 1. The Morgan fingerprint density at radius 1 is 1.19 bits per heavy atom. The highest BCUT2D eigenvalue weighted by Crippen LogP contribution is 2.33. The number of benzene rings is 1. The van der Waals surface area contributed by atoms with Crippen LogP contribution in [0.25, 0.3) is 0 Å². The first-order chi connectivity index (χ1) is 11.8. The number of rotatable bonds is 6. The number of aliphatic carboxylic acids is 1. The zero-order chi connectivity index (χ0) is 20.1. The molecule has 0 saturated heterocycles. The first-order valence-corrected chi connectivity index (χ1v) is 8.21. The summed E-state index contributed by atoms with van der Waals surface area (Å²) in [6.45, 7) is 6.57. The Bertz CT molecular complexity index is 651. The topological polar surface area (TPSA) is 75.6 Å². The van der Waals surface area contributed by atoms with E-state index in [9.17, 15) is 22.8 Å². The molecule has 1 rings (SSSR count). The smallest absolute Gasteiger partial charge is 0.416 e. The minimum atomic E-state index is -4.54. The maximum atomic E-state index is 13.1. The van der Waals surface area contributed by atoms with Gasteiger partial charge in [-0.1, -0.05) is 13.0 Å². The number of halogens is 3. The van der Waals surface area contributed by atoms with E-state index in [4.69, 9.17) is 9.84 Å². The van der Waals surface area contributed by atoms with E-state index >= 15 is 0 Å². The van der Waals surface area contributed by atoms with Crippen LogP contribution >= 0.6 is 0 Å². The van der Waals surface area contributed by atoms with E-state index in [1.54, 1.807) is 33.8 Å². The minimum Gasteiger partial charge on any atom is -0.481 e. The van der Waals surface area contributed by atoms with Crippen molar-refractivity contribution in [3.05, 3.63) is 34.9 Å². The summed E-state index contributed by atoms with van der Waals surface area (Å²) in [7, 11) is 0. The zero-order valence-corrected chi connectivity index (χ0v) is 15.2. The molecule has 1 atom stereocenters. The lowest BCUT2D eigenvalue weighted by atomic mass is 9.91. The van der Waals surface area contributed by atoms with Crippen LogP contribution in [0.15, 0.2) is 18.2 Å². The summed E-state index contributed by atoms with van der Waals surface area (Å²) in [5.74, 6) is -1.98. The average molecular weight is 375 g/mol. The van der Waals surface area contributed by atoms with E-state index in [1.165, 1.54) is 0 Å². The van der Waals surface area contributed by atoms with Gasteiger partial charge in [0.05, 0.1) is 12.0 Å². The Hall–Kier alpha value is -2.25. The third-order valence-electron chi connectivity index (χ3n) is 3.53. The molecule has 0 aliphatic rings. The molecule has 8 heteroatoms. The Morgan fingerprint density at radius 3 is 2.27 bits per heavy atom. The summed E-state index contributed by atoms with van der Waals surface area (Å²) in [4.78, 5) is 22.9.